The van der Waals surface area contributed by atoms with Gasteiger partial charge in [0.2, 0.25) is 0 Å². The second kappa shape index (κ2) is 1.94. The van der Waals surface area contributed by atoms with Gasteiger partial charge in [0.25, 0.3) is 0 Å². The third-order valence-corrected chi connectivity index (χ3v) is 1.92. The molecule has 0 aliphatic carbocycles. The average Bonchev–Trinajstić information content (AvgIpc) is 1.97. The van der Waals surface area contributed by atoms with Gasteiger partial charge < -0.3 is 10.3 Å². The van der Waals surface area contributed by atoms with Crippen molar-refractivity contribution in [2.75, 3.05) is 0 Å². The molecule has 1 heterocycles. The van der Waals surface area contributed by atoms with Crippen molar-refractivity contribution in [1.82, 2.24) is 5.06 Å². The van der Waals surface area contributed by atoms with Crippen LogP contribution >= 0.6 is 0 Å². The van der Waals surface area contributed by atoms with Crippen molar-refractivity contribution in [3.8, 4) is 0 Å². The average molecular weight is 131 g/mol. The molecule has 2 N–H and O–H groups in total. The van der Waals surface area contributed by atoms with Crippen LogP contribution in [0.4, 0.5) is 0 Å². The molecule has 0 bridgehead atoms. The molecular formula is C6H13NO2. The van der Waals surface area contributed by atoms with Crippen molar-refractivity contribution >= 4 is 0 Å². The van der Waals surface area contributed by atoms with Gasteiger partial charge in [-0.25, -0.2) is 0 Å². The standard InChI is InChI=1S/C6H13NO2/c1-6(2)4-3-5(8)7(6)9/h5,8-9H,3-4H2,1-2H3. The Bertz CT molecular complexity index is 114. The zero-order chi connectivity index (χ0) is 7.07. The zero-order valence-corrected chi connectivity index (χ0v) is 5.83. The minimum absolute atomic E-state index is 0.237. The Labute approximate surface area is 54.9 Å². The molecule has 0 aromatic carbocycles. The van der Waals surface area contributed by atoms with E-state index in [9.17, 15) is 0 Å². The van der Waals surface area contributed by atoms with Crippen LogP contribution in [0.25, 0.3) is 0 Å². The molecule has 1 rings (SSSR count). The predicted octanol–water partition coefficient (Wildman–Crippen LogP) is 0.568. The quantitative estimate of drug-likeness (QED) is 0.505. The molecule has 0 aromatic heterocycles. The topological polar surface area (TPSA) is 43.7 Å². The lowest BCUT2D eigenvalue weighted by Crippen LogP contribution is -2.39. The molecule has 1 aliphatic heterocycles. The van der Waals surface area contributed by atoms with E-state index in [4.69, 9.17) is 10.3 Å². The molecule has 9 heavy (non-hydrogen) atoms. The van der Waals surface area contributed by atoms with E-state index in [0.29, 0.717) is 6.42 Å². The number of aliphatic hydroxyl groups is 1. The fraction of sp³-hybridized carbons (Fsp3) is 1.00. The summed E-state index contributed by atoms with van der Waals surface area (Å²) in [5, 5.41) is 19.1. The fourth-order valence-electron chi connectivity index (χ4n) is 1.12. The highest BCUT2D eigenvalue weighted by Gasteiger charge is 2.37. The number of hydrogen-bond acceptors (Lipinski definition) is 3. The van der Waals surface area contributed by atoms with Crippen molar-refractivity contribution in [2.24, 2.45) is 0 Å². The van der Waals surface area contributed by atoms with E-state index in [1.807, 2.05) is 13.8 Å². The molecular weight excluding hydrogens is 118 g/mol. The fourth-order valence-corrected chi connectivity index (χ4v) is 1.12. The van der Waals surface area contributed by atoms with Crippen LogP contribution in [0.5, 0.6) is 0 Å². The monoisotopic (exact) mass is 131 g/mol. The number of hydroxylamine groups is 2. The summed E-state index contributed by atoms with van der Waals surface area (Å²) in [6.07, 6.45) is 0.869. The van der Waals surface area contributed by atoms with E-state index in [-0.39, 0.29) is 5.54 Å². The lowest BCUT2D eigenvalue weighted by atomic mass is 10.0. The Morgan fingerprint density at radius 1 is 1.56 bits per heavy atom. The third kappa shape index (κ3) is 1.08. The van der Waals surface area contributed by atoms with Gasteiger partial charge in [0, 0.05) is 5.54 Å². The van der Waals surface area contributed by atoms with Crippen molar-refractivity contribution in [3.05, 3.63) is 0 Å². The summed E-state index contributed by atoms with van der Waals surface area (Å²) in [6, 6.07) is 0. The van der Waals surface area contributed by atoms with Gasteiger partial charge in [0.15, 0.2) is 0 Å². The van der Waals surface area contributed by atoms with Crippen LogP contribution in [0.2, 0.25) is 0 Å². The van der Waals surface area contributed by atoms with E-state index in [0.717, 1.165) is 11.5 Å². The summed E-state index contributed by atoms with van der Waals surface area (Å²) in [4.78, 5) is 0. The molecule has 0 amide bonds. The highest BCUT2D eigenvalue weighted by molar-refractivity contribution is 4.84. The van der Waals surface area contributed by atoms with Crippen LogP contribution in [0.15, 0.2) is 0 Å². The minimum atomic E-state index is -0.653. The molecule has 1 saturated heterocycles. The largest absolute Gasteiger partial charge is 0.376 e. The van der Waals surface area contributed by atoms with E-state index in [2.05, 4.69) is 0 Å². The molecule has 1 atom stereocenters. The van der Waals surface area contributed by atoms with Crippen LogP contribution in [-0.4, -0.2) is 27.1 Å². The van der Waals surface area contributed by atoms with Gasteiger partial charge in [0.1, 0.15) is 6.23 Å². The van der Waals surface area contributed by atoms with Crippen LogP contribution in [0, 0.1) is 0 Å². The maximum absolute atomic E-state index is 9.11. The first-order valence-electron chi connectivity index (χ1n) is 3.20. The van der Waals surface area contributed by atoms with E-state index >= 15 is 0 Å². The van der Waals surface area contributed by atoms with Crippen LogP contribution in [-0.2, 0) is 0 Å². The smallest absolute Gasteiger partial charge is 0.130 e. The van der Waals surface area contributed by atoms with Gasteiger partial charge in [-0.1, -0.05) is 0 Å². The summed E-state index contributed by atoms with van der Waals surface area (Å²) < 4.78 is 0. The highest BCUT2D eigenvalue weighted by Crippen LogP contribution is 2.29. The van der Waals surface area contributed by atoms with Crippen LogP contribution < -0.4 is 0 Å². The highest BCUT2D eigenvalue weighted by atomic mass is 16.5. The summed E-state index contributed by atoms with van der Waals surface area (Å²) in [5.41, 5.74) is -0.237. The Morgan fingerprint density at radius 3 is 2.22 bits per heavy atom. The number of nitrogens with zero attached hydrogens (tertiary/aromatic N) is 1. The SMILES string of the molecule is CC1(C)CCC(O)N1O. The zero-order valence-electron chi connectivity index (χ0n) is 5.83. The number of aliphatic hydroxyl groups excluding tert-OH is 1. The third-order valence-electron chi connectivity index (χ3n) is 1.92. The van der Waals surface area contributed by atoms with Gasteiger partial charge in [0.05, 0.1) is 0 Å². The summed E-state index contributed by atoms with van der Waals surface area (Å²) >= 11 is 0. The summed E-state index contributed by atoms with van der Waals surface area (Å²) in [7, 11) is 0. The first-order chi connectivity index (χ1) is 4.04. The molecule has 1 fully saturated rings. The van der Waals surface area contributed by atoms with Crippen molar-refractivity contribution < 1.29 is 10.3 Å². The molecule has 0 aromatic rings. The maximum Gasteiger partial charge on any atom is 0.130 e. The second-order valence-electron chi connectivity index (χ2n) is 3.18. The Hall–Kier alpha value is -0.120. The van der Waals surface area contributed by atoms with E-state index < -0.39 is 6.23 Å². The summed E-state index contributed by atoms with van der Waals surface area (Å²) in [6.45, 7) is 3.81. The number of rotatable bonds is 0. The van der Waals surface area contributed by atoms with E-state index in [1.165, 1.54) is 0 Å². The molecule has 3 nitrogen and oxygen atoms in total. The first-order valence-corrected chi connectivity index (χ1v) is 3.20. The normalized spacial score (nSPS) is 35.3. The van der Waals surface area contributed by atoms with Gasteiger partial charge in [-0.15, -0.1) is 0 Å². The molecule has 0 radical (unpaired) electrons. The molecule has 3 heteroatoms. The predicted molar refractivity (Wildman–Crippen MR) is 32.9 cm³/mol. The Morgan fingerprint density at radius 2 is 2.11 bits per heavy atom. The molecule has 0 saturated carbocycles. The Kier molecular flexibility index (Phi) is 1.50. The van der Waals surface area contributed by atoms with Crippen molar-refractivity contribution in [1.29, 1.82) is 0 Å². The summed E-state index contributed by atoms with van der Waals surface area (Å²) in [5.74, 6) is 0. The molecule has 0 spiro atoms. The molecule has 1 unspecified atom stereocenters. The van der Waals surface area contributed by atoms with Gasteiger partial charge >= 0.3 is 0 Å². The van der Waals surface area contributed by atoms with Crippen LogP contribution in [0.3, 0.4) is 0 Å². The van der Waals surface area contributed by atoms with Crippen molar-refractivity contribution in [3.63, 3.8) is 0 Å². The molecule has 54 valence electrons. The van der Waals surface area contributed by atoms with Gasteiger partial charge in [-0.2, -0.15) is 5.06 Å². The Balaban J connectivity index is 2.62. The number of hydrogen-bond donors (Lipinski definition) is 2. The lowest BCUT2D eigenvalue weighted by Gasteiger charge is -2.26. The van der Waals surface area contributed by atoms with Gasteiger partial charge in [-0.3, -0.25) is 0 Å². The minimum Gasteiger partial charge on any atom is -0.376 e. The maximum atomic E-state index is 9.11. The molecule has 1 aliphatic rings. The second-order valence-corrected chi connectivity index (χ2v) is 3.18. The van der Waals surface area contributed by atoms with Crippen LogP contribution in [0.1, 0.15) is 26.7 Å². The van der Waals surface area contributed by atoms with Gasteiger partial charge in [-0.05, 0) is 26.7 Å². The van der Waals surface area contributed by atoms with E-state index in [1.54, 1.807) is 0 Å². The lowest BCUT2D eigenvalue weighted by molar-refractivity contribution is -0.217. The van der Waals surface area contributed by atoms with Crippen molar-refractivity contribution in [2.45, 2.75) is 38.5 Å². The first kappa shape index (κ1) is 6.99.